The van der Waals surface area contributed by atoms with Crippen molar-refractivity contribution in [2.24, 2.45) is 0 Å². The highest BCUT2D eigenvalue weighted by atomic mass is 32.1. The minimum absolute atomic E-state index is 0.0153. The van der Waals surface area contributed by atoms with Crippen LogP contribution in [0.5, 0.6) is 0 Å². The number of aromatic nitrogens is 1. The molecule has 0 spiro atoms. The molecule has 0 bridgehead atoms. The molecular weight excluding hydrogens is 312 g/mol. The number of nitrogens with one attached hydrogen (secondary N) is 1. The van der Waals surface area contributed by atoms with E-state index in [0.29, 0.717) is 18.7 Å². The molecule has 23 heavy (non-hydrogen) atoms. The molecule has 5 nitrogen and oxygen atoms in total. The maximum atomic E-state index is 12.2. The van der Waals surface area contributed by atoms with Gasteiger partial charge in [-0.15, -0.1) is 0 Å². The van der Waals surface area contributed by atoms with Crippen molar-refractivity contribution in [2.75, 3.05) is 13.7 Å². The van der Waals surface area contributed by atoms with Crippen LogP contribution in [0.15, 0.2) is 33.8 Å². The molecule has 1 atom stereocenters. The highest BCUT2D eigenvalue weighted by molar-refractivity contribution is 7.08. The predicted molar refractivity (Wildman–Crippen MR) is 90.2 cm³/mol. The molecule has 1 N–H and O–H groups in total. The lowest BCUT2D eigenvalue weighted by Crippen LogP contribution is -2.40. The van der Waals surface area contributed by atoms with Gasteiger partial charge in [0.15, 0.2) is 0 Å². The molecule has 2 aromatic heterocycles. The number of hydrogen-bond donors (Lipinski definition) is 1. The van der Waals surface area contributed by atoms with E-state index in [2.05, 4.69) is 5.32 Å². The summed E-state index contributed by atoms with van der Waals surface area (Å²) in [5.41, 5.74) is 2.95. The van der Waals surface area contributed by atoms with Crippen LogP contribution in [0.3, 0.4) is 0 Å². The Bertz CT molecular complexity index is 737. The third-order valence-corrected chi connectivity index (χ3v) is 4.91. The number of methoxy groups -OCH3 is 1. The zero-order chi connectivity index (χ0) is 16.2. The van der Waals surface area contributed by atoms with E-state index in [-0.39, 0.29) is 17.5 Å². The molecule has 1 unspecified atom stereocenters. The predicted octanol–water partition coefficient (Wildman–Crippen LogP) is 1.84. The average molecular weight is 332 g/mol. The van der Waals surface area contributed by atoms with E-state index in [1.165, 1.54) is 11.3 Å². The summed E-state index contributed by atoms with van der Waals surface area (Å²) in [6.45, 7) is 1.10. The summed E-state index contributed by atoms with van der Waals surface area (Å²) in [6, 6.07) is 5.45. The molecule has 0 saturated heterocycles. The molecule has 3 rings (SSSR count). The zero-order valence-corrected chi connectivity index (χ0v) is 13.9. The van der Waals surface area contributed by atoms with Crippen molar-refractivity contribution < 1.29 is 9.53 Å². The molecular formula is C17H20N2O3S. The van der Waals surface area contributed by atoms with Gasteiger partial charge in [0.25, 0.3) is 11.5 Å². The average Bonchev–Trinajstić information content (AvgIpc) is 3.09. The van der Waals surface area contributed by atoms with Crippen LogP contribution in [0, 0.1) is 0 Å². The lowest BCUT2D eigenvalue weighted by molar-refractivity contribution is 0.0933. The molecule has 1 aliphatic rings. The van der Waals surface area contributed by atoms with Crippen molar-refractivity contribution in [1.29, 1.82) is 0 Å². The van der Waals surface area contributed by atoms with Gasteiger partial charge in [0.1, 0.15) is 0 Å². The molecule has 2 heterocycles. The van der Waals surface area contributed by atoms with E-state index in [9.17, 15) is 9.59 Å². The standard InChI is InChI=1S/C17H20N2O3S/c1-22-8-7-19-15-4-3-14(10-12(15)2-5-16(19)20)18-17(21)13-6-9-23-11-13/h2,5-6,9,11,14H,3-4,7-8,10H2,1H3,(H,18,21). The number of carbonyl (C=O) groups is 1. The number of amides is 1. The largest absolute Gasteiger partial charge is 0.383 e. The fourth-order valence-electron chi connectivity index (χ4n) is 3.04. The van der Waals surface area contributed by atoms with Gasteiger partial charge in [-0.3, -0.25) is 9.59 Å². The number of pyridine rings is 1. The Labute approximate surface area is 138 Å². The van der Waals surface area contributed by atoms with Gasteiger partial charge in [-0.1, -0.05) is 6.07 Å². The van der Waals surface area contributed by atoms with Gasteiger partial charge < -0.3 is 14.6 Å². The van der Waals surface area contributed by atoms with Gasteiger partial charge in [-0.05, 0) is 36.3 Å². The molecule has 1 amide bonds. The van der Waals surface area contributed by atoms with Crippen LogP contribution in [-0.4, -0.2) is 30.2 Å². The van der Waals surface area contributed by atoms with Crippen molar-refractivity contribution in [1.82, 2.24) is 9.88 Å². The van der Waals surface area contributed by atoms with Gasteiger partial charge >= 0.3 is 0 Å². The van der Waals surface area contributed by atoms with Gasteiger partial charge in [0.05, 0.1) is 6.61 Å². The molecule has 6 heteroatoms. The molecule has 122 valence electrons. The Balaban J connectivity index is 1.74. The summed E-state index contributed by atoms with van der Waals surface area (Å²) >= 11 is 1.52. The van der Waals surface area contributed by atoms with Crippen molar-refractivity contribution in [3.63, 3.8) is 0 Å². The number of carbonyl (C=O) groups excluding carboxylic acids is 1. The van der Waals surface area contributed by atoms with E-state index in [4.69, 9.17) is 4.74 Å². The van der Waals surface area contributed by atoms with Crippen LogP contribution in [0.4, 0.5) is 0 Å². The van der Waals surface area contributed by atoms with E-state index < -0.39 is 0 Å². The molecule has 0 fully saturated rings. The summed E-state index contributed by atoms with van der Waals surface area (Å²) < 4.78 is 6.89. The molecule has 1 aliphatic carbocycles. The zero-order valence-electron chi connectivity index (χ0n) is 13.1. The van der Waals surface area contributed by atoms with Crippen molar-refractivity contribution in [3.05, 3.63) is 56.1 Å². The summed E-state index contributed by atoms with van der Waals surface area (Å²) in [4.78, 5) is 24.2. The van der Waals surface area contributed by atoms with Gasteiger partial charge in [0.2, 0.25) is 0 Å². The Morgan fingerprint density at radius 3 is 3.04 bits per heavy atom. The quantitative estimate of drug-likeness (QED) is 0.909. The fraction of sp³-hybridized carbons (Fsp3) is 0.412. The Morgan fingerprint density at radius 2 is 2.30 bits per heavy atom. The Kier molecular flexibility index (Phi) is 4.93. The Morgan fingerprint density at radius 1 is 1.43 bits per heavy atom. The van der Waals surface area contributed by atoms with E-state index in [1.54, 1.807) is 17.7 Å². The van der Waals surface area contributed by atoms with Crippen LogP contribution in [0.1, 0.15) is 28.0 Å². The maximum Gasteiger partial charge on any atom is 0.252 e. The molecule has 0 radical (unpaired) electrons. The third kappa shape index (κ3) is 3.54. The van der Waals surface area contributed by atoms with E-state index in [0.717, 1.165) is 30.5 Å². The third-order valence-electron chi connectivity index (χ3n) is 4.22. The maximum absolute atomic E-state index is 12.2. The SMILES string of the molecule is COCCn1c2c(ccc1=O)CC(NC(=O)c1ccsc1)CC2. The van der Waals surface area contributed by atoms with Crippen LogP contribution >= 0.6 is 11.3 Å². The normalized spacial score (nSPS) is 16.8. The van der Waals surface area contributed by atoms with Crippen molar-refractivity contribution in [3.8, 4) is 0 Å². The number of rotatable bonds is 5. The Hall–Kier alpha value is -1.92. The van der Waals surface area contributed by atoms with Crippen LogP contribution in [-0.2, 0) is 24.1 Å². The molecule has 0 aromatic carbocycles. The van der Waals surface area contributed by atoms with Gasteiger partial charge in [0, 0.05) is 42.4 Å². The summed E-state index contributed by atoms with van der Waals surface area (Å²) in [5.74, 6) is -0.0209. The summed E-state index contributed by atoms with van der Waals surface area (Å²) in [6.07, 6.45) is 2.40. The lowest BCUT2D eigenvalue weighted by Gasteiger charge is -2.27. The number of ether oxygens (including phenoxy) is 1. The number of hydrogen-bond acceptors (Lipinski definition) is 4. The molecule has 0 saturated carbocycles. The minimum atomic E-state index is -0.0209. The van der Waals surface area contributed by atoms with Crippen LogP contribution < -0.4 is 10.9 Å². The second-order valence-corrected chi connectivity index (χ2v) is 6.49. The highest BCUT2D eigenvalue weighted by Crippen LogP contribution is 2.21. The topological polar surface area (TPSA) is 60.3 Å². The van der Waals surface area contributed by atoms with Gasteiger partial charge in [-0.25, -0.2) is 0 Å². The van der Waals surface area contributed by atoms with E-state index in [1.807, 2.05) is 22.9 Å². The molecule has 0 aliphatic heterocycles. The first kappa shape index (κ1) is 16.0. The van der Waals surface area contributed by atoms with E-state index >= 15 is 0 Å². The first-order valence-corrected chi connectivity index (χ1v) is 8.67. The monoisotopic (exact) mass is 332 g/mol. The smallest absolute Gasteiger partial charge is 0.252 e. The van der Waals surface area contributed by atoms with Crippen LogP contribution in [0.2, 0.25) is 0 Å². The minimum Gasteiger partial charge on any atom is -0.383 e. The lowest BCUT2D eigenvalue weighted by atomic mass is 9.91. The molecule has 2 aromatic rings. The number of fused-ring (bicyclic) bond motifs is 1. The fourth-order valence-corrected chi connectivity index (χ4v) is 3.67. The second-order valence-electron chi connectivity index (χ2n) is 5.71. The van der Waals surface area contributed by atoms with Crippen LogP contribution in [0.25, 0.3) is 0 Å². The number of nitrogens with zero attached hydrogens (tertiary/aromatic N) is 1. The van der Waals surface area contributed by atoms with Crippen molar-refractivity contribution >= 4 is 17.2 Å². The van der Waals surface area contributed by atoms with Crippen molar-refractivity contribution in [2.45, 2.75) is 31.8 Å². The first-order chi connectivity index (χ1) is 11.2. The number of thiophene rings is 1. The first-order valence-electron chi connectivity index (χ1n) is 7.72. The summed E-state index contributed by atoms with van der Waals surface area (Å²) in [7, 11) is 1.64. The second kappa shape index (κ2) is 7.10. The summed E-state index contributed by atoms with van der Waals surface area (Å²) in [5, 5.41) is 6.85. The van der Waals surface area contributed by atoms with Gasteiger partial charge in [-0.2, -0.15) is 11.3 Å². The highest BCUT2D eigenvalue weighted by Gasteiger charge is 2.23.